The number of thioether (sulfide) groups is 1. The normalized spacial score (nSPS) is 10.9. The second-order valence-corrected chi connectivity index (χ2v) is 7.32. The first kappa shape index (κ1) is 18.1. The zero-order chi connectivity index (χ0) is 17.8. The largest absolute Gasteiger partial charge is 0.485 e. The second-order valence-electron chi connectivity index (χ2n) is 5.54. The zero-order valence-corrected chi connectivity index (χ0v) is 16.2. The number of aryl methyl sites for hydroxylation is 1. The average Bonchev–Trinajstić information content (AvgIpc) is 2.94. The molecule has 0 aliphatic carbocycles. The molecule has 4 nitrogen and oxygen atoms in total. The fourth-order valence-electron chi connectivity index (χ4n) is 2.27. The topological polar surface area (TPSA) is 39.9 Å². The Kier molecular flexibility index (Phi) is 5.89. The van der Waals surface area contributed by atoms with Gasteiger partial charge in [0.25, 0.3) is 0 Å². The van der Waals surface area contributed by atoms with Gasteiger partial charge in [-0.3, -0.25) is 0 Å². The van der Waals surface area contributed by atoms with Crippen molar-refractivity contribution in [2.75, 3.05) is 0 Å². The number of ether oxygens (including phenoxy) is 1. The summed E-state index contributed by atoms with van der Waals surface area (Å²) in [7, 11) is 1.93. The number of hydrogen-bond acceptors (Lipinski definition) is 4. The predicted molar refractivity (Wildman–Crippen MR) is 103 cm³/mol. The first-order chi connectivity index (χ1) is 12.0. The Bertz CT molecular complexity index is 883. The van der Waals surface area contributed by atoms with E-state index >= 15 is 0 Å². The molecule has 3 aromatic rings. The molecule has 0 fully saturated rings. The molecule has 0 saturated carbocycles. The predicted octanol–water partition coefficient (Wildman–Crippen LogP) is 5.30. The monoisotopic (exact) mass is 393 g/mol. The van der Waals surface area contributed by atoms with Gasteiger partial charge < -0.3 is 9.30 Å². The molecule has 2 aromatic carbocycles. The van der Waals surface area contributed by atoms with Crippen molar-refractivity contribution < 1.29 is 4.74 Å². The van der Waals surface area contributed by atoms with E-state index in [4.69, 9.17) is 27.9 Å². The molecule has 0 saturated heterocycles. The molecule has 0 bridgehead atoms. The van der Waals surface area contributed by atoms with Crippen LogP contribution in [0.3, 0.4) is 0 Å². The Hall–Kier alpha value is -1.69. The molecule has 0 unspecified atom stereocenters. The number of nitrogens with zero attached hydrogens (tertiary/aromatic N) is 3. The number of aromatic nitrogens is 3. The minimum atomic E-state index is 0.346. The molecule has 1 aromatic heterocycles. The van der Waals surface area contributed by atoms with E-state index in [9.17, 15) is 0 Å². The lowest BCUT2D eigenvalue weighted by Crippen LogP contribution is -2.05. The fraction of sp³-hybridized carbons (Fsp3) is 0.222. The van der Waals surface area contributed by atoms with Crippen molar-refractivity contribution >= 4 is 35.0 Å². The van der Waals surface area contributed by atoms with Crippen LogP contribution < -0.4 is 4.74 Å². The van der Waals surface area contributed by atoms with Crippen LogP contribution in [0.1, 0.15) is 17.0 Å². The van der Waals surface area contributed by atoms with Gasteiger partial charge in [0, 0.05) is 22.8 Å². The maximum Gasteiger partial charge on any atom is 0.191 e. The summed E-state index contributed by atoms with van der Waals surface area (Å²) >= 11 is 13.8. The standard InChI is InChI=1S/C18H17Cl2N3OS/c1-12-9-14(19)7-8-16(12)24-10-17-21-22-18(23(17)2)25-11-13-5-3-4-6-15(13)20/h3-9H,10-11H2,1-2H3. The summed E-state index contributed by atoms with van der Waals surface area (Å²) < 4.78 is 7.78. The maximum absolute atomic E-state index is 6.19. The van der Waals surface area contributed by atoms with Crippen LogP contribution in [0.5, 0.6) is 5.75 Å². The molecule has 7 heteroatoms. The average molecular weight is 394 g/mol. The van der Waals surface area contributed by atoms with Crippen LogP contribution in [-0.2, 0) is 19.4 Å². The van der Waals surface area contributed by atoms with Crippen molar-refractivity contribution in [3.8, 4) is 5.75 Å². The molecular weight excluding hydrogens is 377 g/mol. The van der Waals surface area contributed by atoms with Crippen LogP contribution in [0.4, 0.5) is 0 Å². The molecular formula is C18H17Cl2N3OS. The van der Waals surface area contributed by atoms with Gasteiger partial charge in [-0.05, 0) is 42.3 Å². The molecule has 0 spiro atoms. The number of rotatable bonds is 6. The Morgan fingerprint density at radius 3 is 2.68 bits per heavy atom. The van der Waals surface area contributed by atoms with Crippen molar-refractivity contribution in [3.63, 3.8) is 0 Å². The smallest absolute Gasteiger partial charge is 0.191 e. The number of hydrogen-bond donors (Lipinski definition) is 0. The van der Waals surface area contributed by atoms with E-state index in [1.807, 2.05) is 61.0 Å². The summed E-state index contributed by atoms with van der Waals surface area (Å²) in [5.41, 5.74) is 2.06. The second kappa shape index (κ2) is 8.13. The van der Waals surface area contributed by atoms with E-state index < -0.39 is 0 Å². The molecule has 0 N–H and O–H groups in total. The van der Waals surface area contributed by atoms with Gasteiger partial charge in [-0.2, -0.15) is 0 Å². The lowest BCUT2D eigenvalue weighted by Gasteiger charge is -2.09. The summed E-state index contributed by atoms with van der Waals surface area (Å²) in [6, 6.07) is 13.4. The van der Waals surface area contributed by atoms with Gasteiger partial charge >= 0.3 is 0 Å². The highest BCUT2D eigenvalue weighted by Crippen LogP contribution is 2.26. The van der Waals surface area contributed by atoms with Crippen molar-refractivity contribution in [1.29, 1.82) is 0 Å². The Morgan fingerprint density at radius 2 is 1.92 bits per heavy atom. The molecule has 25 heavy (non-hydrogen) atoms. The minimum absolute atomic E-state index is 0.346. The maximum atomic E-state index is 6.19. The summed E-state index contributed by atoms with van der Waals surface area (Å²) in [6.07, 6.45) is 0. The zero-order valence-electron chi connectivity index (χ0n) is 13.9. The van der Waals surface area contributed by atoms with Crippen molar-refractivity contribution in [2.45, 2.75) is 24.4 Å². The fourth-order valence-corrected chi connectivity index (χ4v) is 3.71. The van der Waals surface area contributed by atoms with Crippen LogP contribution in [-0.4, -0.2) is 14.8 Å². The molecule has 0 amide bonds. The quantitative estimate of drug-likeness (QED) is 0.532. The van der Waals surface area contributed by atoms with Crippen molar-refractivity contribution in [1.82, 2.24) is 14.8 Å². The highest BCUT2D eigenvalue weighted by atomic mass is 35.5. The van der Waals surface area contributed by atoms with E-state index in [-0.39, 0.29) is 0 Å². The summed E-state index contributed by atoms with van der Waals surface area (Å²) in [5, 5.41) is 10.7. The van der Waals surface area contributed by atoms with Gasteiger partial charge in [0.2, 0.25) is 0 Å². The molecule has 0 aliphatic heterocycles. The van der Waals surface area contributed by atoms with Crippen LogP contribution in [0.25, 0.3) is 0 Å². The molecule has 1 heterocycles. The van der Waals surface area contributed by atoms with E-state index in [0.717, 1.165) is 38.6 Å². The summed E-state index contributed by atoms with van der Waals surface area (Å²) in [6.45, 7) is 2.31. The van der Waals surface area contributed by atoms with Gasteiger partial charge in [-0.15, -0.1) is 10.2 Å². The molecule has 3 rings (SSSR count). The van der Waals surface area contributed by atoms with Crippen LogP contribution in [0.2, 0.25) is 10.0 Å². The van der Waals surface area contributed by atoms with Gasteiger partial charge in [-0.1, -0.05) is 53.2 Å². The van der Waals surface area contributed by atoms with Gasteiger partial charge in [0.05, 0.1) is 0 Å². The van der Waals surface area contributed by atoms with E-state index in [1.165, 1.54) is 0 Å². The highest BCUT2D eigenvalue weighted by Gasteiger charge is 2.11. The molecule has 0 atom stereocenters. The number of benzene rings is 2. The Morgan fingerprint density at radius 1 is 1.12 bits per heavy atom. The van der Waals surface area contributed by atoms with Crippen LogP contribution in [0, 0.1) is 6.92 Å². The van der Waals surface area contributed by atoms with Gasteiger partial charge in [0.1, 0.15) is 12.4 Å². The molecule has 0 radical (unpaired) electrons. The Labute approximate surface area is 161 Å². The van der Waals surface area contributed by atoms with E-state index in [0.29, 0.717) is 11.6 Å². The first-order valence-corrected chi connectivity index (χ1v) is 9.42. The van der Waals surface area contributed by atoms with E-state index in [1.54, 1.807) is 11.8 Å². The van der Waals surface area contributed by atoms with Crippen LogP contribution >= 0.6 is 35.0 Å². The lowest BCUT2D eigenvalue weighted by atomic mass is 10.2. The van der Waals surface area contributed by atoms with E-state index in [2.05, 4.69) is 10.2 Å². The number of halogens is 2. The van der Waals surface area contributed by atoms with Crippen LogP contribution in [0.15, 0.2) is 47.6 Å². The first-order valence-electron chi connectivity index (χ1n) is 7.68. The molecule has 130 valence electrons. The van der Waals surface area contributed by atoms with Crippen molar-refractivity contribution in [3.05, 3.63) is 69.5 Å². The molecule has 0 aliphatic rings. The summed E-state index contributed by atoms with van der Waals surface area (Å²) in [5.74, 6) is 2.29. The minimum Gasteiger partial charge on any atom is -0.485 e. The van der Waals surface area contributed by atoms with Crippen molar-refractivity contribution in [2.24, 2.45) is 7.05 Å². The third kappa shape index (κ3) is 4.48. The third-order valence-electron chi connectivity index (χ3n) is 3.73. The lowest BCUT2D eigenvalue weighted by molar-refractivity contribution is 0.288. The third-order valence-corrected chi connectivity index (χ3v) is 5.41. The summed E-state index contributed by atoms with van der Waals surface area (Å²) in [4.78, 5) is 0. The SMILES string of the molecule is Cc1cc(Cl)ccc1OCc1nnc(SCc2ccccc2Cl)n1C. The Balaban J connectivity index is 1.64. The van der Waals surface area contributed by atoms with Gasteiger partial charge in [0.15, 0.2) is 11.0 Å². The van der Waals surface area contributed by atoms with Gasteiger partial charge in [-0.25, -0.2) is 0 Å². The highest BCUT2D eigenvalue weighted by molar-refractivity contribution is 7.98.